The predicted molar refractivity (Wildman–Crippen MR) is 128 cm³/mol. The molecule has 0 spiro atoms. The van der Waals surface area contributed by atoms with Gasteiger partial charge in [-0.1, -0.05) is 48.0 Å². The van der Waals surface area contributed by atoms with Crippen molar-refractivity contribution in [2.45, 2.75) is 0 Å². The highest BCUT2D eigenvalue weighted by Crippen LogP contribution is 2.36. The second-order valence-corrected chi connectivity index (χ2v) is 7.43. The van der Waals surface area contributed by atoms with Crippen molar-refractivity contribution in [3.8, 4) is 28.5 Å². The normalized spacial score (nSPS) is 11.0. The molecule has 0 aliphatic heterocycles. The molecule has 7 nitrogen and oxygen atoms in total. The van der Waals surface area contributed by atoms with Crippen molar-refractivity contribution in [1.29, 1.82) is 0 Å². The molecule has 0 bridgehead atoms. The fraction of sp³-hybridized carbons (Fsp3) is 0.0800. The van der Waals surface area contributed by atoms with Gasteiger partial charge in [-0.05, 0) is 30.3 Å². The fourth-order valence-corrected chi connectivity index (χ4v) is 3.62. The number of aromatic nitrogens is 1. The van der Waals surface area contributed by atoms with E-state index in [0.717, 1.165) is 5.56 Å². The van der Waals surface area contributed by atoms with Crippen LogP contribution in [0.5, 0.6) is 17.2 Å². The number of carbonyl (C=O) groups is 1. The van der Waals surface area contributed by atoms with E-state index in [1.165, 1.54) is 20.4 Å². The van der Waals surface area contributed by atoms with E-state index in [1.54, 1.807) is 24.3 Å². The second-order valence-electron chi connectivity index (χ2n) is 7.03. The molecule has 8 heteroatoms. The molecule has 1 aromatic heterocycles. The van der Waals surface area contributed by atoms with Crippen LogP contribution in [0.25, 0.3) is 22.2 Å². The van der Waals surface area contributed by atoms with Crippen LogP contribution < -0.4 is 14.9 Å². The molecule has 4 aromatic rings. The number of hydrogen-bond acceptors (Lipinski definition) is 6. The van der Waals surface area contributed by atoms with Crippen molar-refractivity contribution >= 4 is 34.6 Å². The third kappa shape index (κ3) is 4.58. The number of carbonyl (C=O) groups excluding carboxylic acids is 1. The summed E-state index contributed by atoms with van der Waals surface area (Å²) in [5, 5.41) is 15.3. The lowest BCUT2D eigenvalue weighted by molar-refractivity contribution is 0.0956. The number of benzene rings is 3. The highest BCUT2D eigenvalue weighted by atomic mass is 35.5. The summed E-state index contributed by atoms with van der Waals surface area (Å²) < 4.78 is 10.3. The van der Waals surface area contributed by atoms with Crippen LogP contribution >= 0.6 is 11.6 Å². The van der Waals surface area contributed by atoms with Crippen molar-refractivity contribution in [3.63, 3.8) is 0 Å². The van der Waals surface area contributed by atoms with Gasteiger partial charge in [-0.15, -0.1) is 0 Å². The Balaban J connectivity index is 1.67. The largest absolute Gasteiger partial charge is 0.502 e. The first-order valence-corrected chi connectivity index (χ1v) is 10.3. The monoisotopic (exact) mass is 461 g/mol. The Morgan fingerprint density at radius 3 is 2.39 bits per heavy atom. The maximum Gasteiger partial charge on any atom is 0.272 e. The minimum absolute atomic E-state index is 0.114. The van der Waals surface area contributed by atoms with Crippen molar-refractivity contribution < 1.29 is 19.4 Å². The van der Waals surface area contributed by atoms with Gasteiger partial charge in [0, 0.05) is 21.5 Å². The van der Waals surface area contributed by atoms with E-state index in [1.807, 2.05) is 42.5 Å². The molecule has 1 heterocycles. The van der Waals surface area contributed by atoms with Gasteiger partial charge in [-0.25, -0.2) is 10.4 Å². The number of amides is 1. The molecule has 1 amide bonds. The number of nitrogens with one attached hydrogen (secondary N) is 1. The summed E-state index contributed by atoms with van der Waals surface area (Å²) in [5.41, 5.74) is 5.50. The summed E-state index contributed by atoms with van der Waals surface area (Å²) in [6.07, 6.45) is 1.43. The van der Waals surface area contributed by atoms with E-state index in [0.29, 0.717) is 32.7 Å². The van der Waals surface area contributed by atoms with Crippen LogP contribution in [0.4, 0.5) is 0 Å². The van der Waals surface area contributed by atoms with E-state index < -0.39 is 5.91 Å². The van der Waals surface area contributed by atoms with Gasteiger partial charge < -0.3 is 14.6 Å². The summed E-state index contributed by atoms with van der Waals surface area (Å²) >= 11 is 6.35. The van der Waals surface area contributed by atoms with Gasteiger partial charge in [-0.2, -0.15) is 5.10 Å². The summed E-state index contributed by atoms with van der Waals surface area (Å²) in [5.74, 6) is -0.0642. The number of fused-ring (bicyclic) bond motifs is 1. The molecule has 33 heavy (non-hydrogen) atoms. The Morgan fingerprint density at radius 2 is 1.70 bits per heavy atom. The number of hydrazone groups is 1. The molecule has 0 atom stereocenters. The van der Waals surface area contributed by atoms with Crippen LogP contribution in [-0.2, 0) is 0 Å². The van der Waals surface area contributed by atoms with E-state index in [-0.39, 0.29) is 17.2 Å². The smallest absolute Gasteiger partial charge is 0.272 e. The van der Waals surface area contributed by atoms with E-state index in [2.05, 4.69) is 15.5 Å². The van der Waals surface area contributed by atoms with Gasteiger partial charge in [0.1, 0.15) is 0 Å². The number of rotatable bonds is 6. The molecule has 3 aromatic carbocycles. The standard InChI is InChI=1S/C25H20ClN3O4/c1-32-22-11-15(12-23(33-2)24(22)30)14-27-29-25(31)18-13-21(17-8-3-5-9-19(17)26)28-20-10-6-4-7-16(18)20/h3-14,30H,1-2H3,(H,29,31)/b27-14+. The van der Waals surface area contributed by atoms with Gasteiger partial charge >= 0.3 is 0 Å². The number of phenolic OH excluding ortho intramolecular Hbond substituents is 1. The molecule has 166 valence electrons. The number of ether oxygens (including phenoxy) is 2. The quantitative estimate of drug-likeness (QED) is 0.310. The third-order valence-electron chi connectivity index (χ3n) is 4.99. The molecule has 0 aliphatic carbocycles. The average Bonchev–Trinajstić information content (AvgIpc) is 2.84. The van der Waals surface area contributed by atoms with Gasteiger partial charge in [-0.3, -0.25) is 4.79 Å². The van der Waals surface area contributed by atoms with Crippen molar-refractivity contribution in [2.75, 3.05) is 14.2 Å². The zero-order valence-electron chi connectivity index (χ0n) is 17.9. The molecular formula is C25H20ClN3O4. The Morgan fingerprint density at radius 1 is 1.03 bits per heavy atom. The minimum Gasteiger partial charge on any atom is -0.502 e. The van der Waals surface area contributed by atoms with Crippen LogP contribution in [0.15, 0.2) is 71.8 Å². The maximum absolute atomic E-state index is 13.0. The number of halogens is 1. The van der Waals surface area contributed by atoms with Crippen molar-refractivity contribution in [2.24, 2.45) is 5.10 Å². The van der Waals surface area contributed by atoms with Crippen LogP contribution in [-0.4, -0.2) is 36.4 Å². The summed E-state index contributed by atoms with van der Waals surface area (Å²) in [6, 6.07) is 19.5. The van der Waals surface area contributed by atoms with E-state index in [9.17, 15) is 9.90 Å². The fourth-order valence-electron chi connectivity index (χ4n) is 3.38. The van der Waals surface area contributed by atoms with E-state index >= 15 is 0 Å². The zero-order valence-corrected chi connectivity index (χ0v) is 18.6. The molecule has 0 fully saturated rings. The Kier molecular flexibility index (Phi) is 6.42. The van der Waals surface area contributed by atoms with E-state index in [4.69, 9.17) is 21.1 Å². The summed E-state index contributed by atoms with van der Waals surface area (Å²) in [6.45, 7) is 0. The first-order valence-electron chi connectivity index (χ1n) is 9.95. The molecule has 2 N–H and O–H groups in total. The van der Waals surface area contributed by atoms with Crippen molar-refractivity contribution in [1.82, 2.24) is 10.4 Å². The number of pyridine rings is 1. The summed E-state index contributed by atoms with van der Waals surface area (Å²) in [4.78, 5) is 17.7. The van der Waals surface area contributed by atoms with Crippen LogP contribution in [0, 0.1) is 0 Å². The average molecular weight is 462 g/mol. The molecule has 0 saturated carbocycles. The zero-order chi connectivity index (χ0) is 23.4. The highest BCUT2D eigenvalue weighted by Gasteiger charge is 2.15. The number of aromatic hydroxyl groups is 1. The van der Waals surface area contributed by atoms with Gasteiger partial charge in [0.05, 0.1) is 37.2 Å². The van der Waals surface area contributed by atoms with Crippen LogP contribution in [0.1, 0.15) is 15.9 Å². The lowest BCUT2D eigenvalue weighted by Crippen LogP contribution is -2.18. The first-order chi connectivity index (χ1) is 16.0. The lowest BCUT2D eigenvalue weighted by atomic mass is 10.0. The second kappa shape index (κ2) is 9.58. The highest BCUT2D eigenvalue weighted by molar-refractivity contribution is 6.33. The Labute approximate surface area is 195 Å². The first kappa shape index (κ1) is 22.1. The maximum atomic E-state index is 13.0. The van der Waals surface area contributed by atoms with Crippen molar-refractivity contribution in [3.05, 3.63) is 82.9 Å². The van der Waals surface area contributed by atoms with Crippen LogP contribution in [0.3, 0.4) is 0 Å². The molecular weight excluding hydrogens is 442 g/mol. The predicted octanol–water partition coefficient (Wildman–Crippen LogP) is 5.04. The molecule has 0 aliphatic rings. The van der Waals surface area contributed by atoms with Gasteiger partial charge in [0.15, 0.2) is 11.5 Å². The minimum atomic E-state index is -0.407. The molecule has 0 unspecified atom stereocenters. The lowest BCUT2D eigenvalue weighted by Gasteiger charge is -2.10. The molecule has 4 rings (SSSR count). The Hall–Kier alpha value is -4.10. The van der Waals surface area contributed by atoms with Gasteiger partial charge in [0.2, 0.25) is 5.75 Å². The third-order valence-corrected chi connectivity index (χ3v) is 5.32. The number of phenols is 1. The molecule has 0 radical (unpaired) electrons. The molecule has 0 saturated heterocycles. The topological polar surface area (TPSA) is 93.0 Å². The number of methoxy groups -OCH3 is 2. The summed E-state index contributed by atoms with van der Waals surface area (Å²) in [7, 11) is 2.87. The SMILES string of the molecule is COc1cc(/C=N/NC(=O)c2cc(-c3ccccc3Cl)nc3ccccc23)cc(OC)c1O. The number of hydrogen-bond donors (Lipinski definition) is 2. The van der Waals surface area contributed by atoms with Crippen LogP contribution in [0.2, 0.25) is 5.02 Å². The Bertz CT molecular complexity index is 1350. The number of nitrogens with zero attached hydrogens (tertiary/aromatic N) is 2. The number of para-hydroxylation sites is 1. The van der Waals surface area contributed by atoms with Gasteiger partial charge in [0.25, 0.3) is 5.91 Å².